The van der Waals surface area contributed by atoms with Crippen LogP contribution in [-0.2, 0) is 9.59 Å². The molecule has 1 atom stereocenters. The van der Waals surface area contributed by atoms with Gasteiger partial charge < -0.3 is 5.32 Å². The van der Waals surface area contributed by atoms with Gasteiger partial charge in [0.1, 0.15) is 5.37 Å². The van der Waals surface area contributed by atoms with Crippen molar-refractivity contribution in [3.8, 4) is 0 Å². The Hall–Kier alpha value is -2.27. The Morgan fingerprint density at radius 2 is 1.92 bits per heavy atom. The minimum Gasteiger partial charge on any atom is -0.326 e. The summed E-state index contributed by atoms with van der Waals surface area (Å²) >= 11 is 1.58. The maximum Gasteiger partial charge on any atom is 0.238 e. The summed E-state index contributed by atoms with van der Waals surface area (Å²) < 4.78 is 0. The highest BCUT2D eigenvalue weighted by molar-refractivity contribution is 8.00. The molecule has 1 heterocycles. The molecule has 0 unspecified atom stereocenters. The second-order valence-electron chi connectivity index (χ2n) is 5.75. The van der Waals surface area contributed by atoms with E-state index in [1.54, 1.807) is 11.8 Å². The first-order valence-corrected chi connectivity index (χ1v) is 9.04. The van der Waals surface area contributed by atoms with Crippen LogP contribution in [0.4, 0.5) is 11.4 Å². The number of amides is 2. The number of carbonyl (C=O) groups excluding carboxylic acids is 2. The average molecular weight is 340 g/mol. The lowest BCUT2D eigenvalue weighted by Crippen LogP contribution is -2.28. The van der Waals surface area contributed by atoms with Crippen molar-refractivity contribution in [1.29, 1.82) is 0 Å². The molecule has 4 nitrogen and oxygen atoms in total. The molecular formula is C19H20N2O2S. The predicted molar refractivity (Wildman–Crippen MR) is 99.2 cm³/mol. The van der Waals surface area contributed by atoms with Crippen LogP contribution in [0.5, 0.6) is 0 Å². The largest absolute Gasteiger partial charge is 0.326 e. The second-order valence-corrected chi connectivity index (χ2v) is 6.82. The van der Waals surface area contributed by atoms with Crippen LogP contribution in [-0.4, -0.2) is 17.6 Å². The number of hydrogen-bond donors (Lipinski definition) is 1. The number of para-hydroxylation sites is 1. The summed E-state index contributed by atoms with van der Waals surface area (Å²) in [7, 11) is 0. The van der Waals surface area contributed by atoms with E-state index in [0.717, 1.165) is 22.5 Å². The van der Waals surface area contributed by atoms with Gasteiger partial charge in [0.15, 0.2) is 0 Å². The molecule has 0 bridgehead atoms. The molecule has 1 aliphatic rings. The molecule has 0 aliphatic carbocycles. The Labute approximate surface area is 146 Å². The smallest absolute Gasteiger partial charge is 0.238 e. The van der Waals surface area contributed by atoms with E-state index in [0.29, 0.717) is 12.2 Å². The fraction of sp³-hybridized carbons (Fsp3) is 0.263. The lowest BCUT2D eigenvalue weighted by Gasteiger charge is -2.26. The molecule has 24 heavy (non-hydrogen) atoms. The molecule has 3 rings (SSSR count). The number of carbonyl (C=O) groups is 2. The van der Waals surface area contributed by atoms with Gasteiger partial charge >= 0.3 is 0 Å². The van der Waals surface area contributed by atoms with Crippen molar-refractivity contribution < 1.29 is 9.59 Å². The van der Waals surface area contributed by atoms with Crippen LogP contribution < -0.4 is 10.2 Å². The molecule has 2 aromatic rings. The zero-order chi connectivity index (χ0) is 17.1. The van der Waals surface area contributed by atoms with Crippen LogP contribution >= 0.6 is 11.8 Å². The van der Waals surface area contributed by atoms with E-state index < -0.39 is 0 Å². The highest BCUT2D eigenvalue weighted by Gasteiger charge is 2.35. The van der Waals surface area contributed by atoms with Gasteiger partial charge in [-0.15, -0.1) is 11.8 Å². The number of benzene rings is 2. The zero-order valence-corrected chi connectivity index (χ0v) is 14.6. The molecular weight excluding hydrogens is 320 g/mol. The van der Waals surface area contributed by atoms with Crippen LogP contribution in [0.15, 0.2) is 48.5 Å². The first-order chi connectivity index (χ1) is 11.6. The molecule has 124 valence electrons. The summed E-state index contributed by atoms with van der Waals surface area (Å²) in [5.74, 6) is 0.498. The van der Waals surface area contributed by atoms with Gasteiger partial charge in [0.2, 0.25) is 11.8 Å². The van der Waals surface area contributed by atoms with Crippen molar-refractivity contribution >= 4 is 35.0 Å². The first kappa shape index (κ1) is 16.6. The summed E-state index contributed by atoms with van der Waals surface area (Å²) in [6.07, 6.45) is 0.423. The van der Waals surface area contributed by atoms with Crippen molar-refractivity contribution in [2.24, 2.45) is 0 Å². The van der Waals surface area contributed by atoms with E-state index in [1.165, 1.54) is 0 Å². The monoisotopic (exact) mass is 340 g/mol. The van der Waals surface area contributed by atoms with Gasteiger partial charge in [-0.05, 0) is 25.1 Å². The van der Waals surface area contributed by atoms with E-state index in [1.807, 2.05) is 67.3 Å². The third-order valence-corrected chi connectivity index (χ3v) is 5.20. The average Bonchev–Trinajstić information content (AvgIpc) is 2.97. The van der Waals surface area contributed by atoms with Crippen LogP contribution in [0.3, 0.4) is 0 Å². The van der Waals surface area contributed by atoms with Crippen molar-refractivity contribution in [3.63, 3.8) is 0 Å². The SMILES string of the molecule is CCC(=O)Nc1ccccc1[C@H]1SCC(=O)N1c1ccc(C)cc1. The van der Waals surface area contributed by atoms with Gasteiger partial charge in [-0.2, -0.15) is 0 Å². The minimum atomic E-state index is -0.131. The number of hydrogen-bond acceptors (Lipinski definition) is 3. The molecule has 1 fully saturated rings. The summed E-state index contributed by atoms with van der Waals surface area (Å²) in [4.78, 5) is 26.1. The number of rotatable bonds is 4. The van der Waals surface area contributed by atoms with E-state index in [2.05, 4.69) is 5.32 Å². The molecule has 1 N–H and O–H groups in total. The molecule has 0 spiro atoms. The van der Waals surface area contributed by atoms with Gasteiger partial charge in [0, 0.05) is 23.4 Å². The van der Waals surface area contributed by atoms with Crippen LogP contribution in [0, 0.1) is 6.92 Å². The zero-order valence-electron chi connectivity index (χ0n) is 13.8. The molecule has 1 saturated heterocycles. The Morgan fingerprint density at radius 3 is 2.62 bits per heavy atom. The Bertz CT molecular complexity index is 758. The second kappa shape index (κ2) is 7.09. The highest BCUT2D eigenvalue weighted by atomic mass is 32.2. The minimum absolute atomic E-state index is 0.0290. The summed E-state index contributed by atoms with van der Waals surface area (Å²) in [6.45, 7) is 3.85. The fourth-order valence-corrected chi connectivity index (χ4v) is 3.92. The van der Waals surface area contributed by atoms with Crippen LogP contribution in [0.2, 0.25) is 0 Å². The van der Waals surface area contributed by atoms with Crippen molar-refractivity contribution in [3.05, 3.63) is 59.7 Å². The topological polar surface area (TPSA) is 49.4 Å². The summed E-state index contributed by atoms with van der Waals surface area (Å²) in [5, 5.41) is 2.81. The lowest BCUT2D eigenvalue weighted by atomic mass is 10.1. The van der Waals surface area contributed by atoms with E-state index in [4.69, 9.17) is 0 Å². The quantitative estimate of drug-likeness (QED) is 0.911. The van der Waals surface area contributed by atoms with Crippen molar-refractivity contribution in [1.82, 2.24) is 0 Å². The van der Waals surface area contributed by atoms with Crippen LogP contribution in [0.25, 0.3) is 0 Å². The first-order valence-electron chi connectivity index (χ1n) is 7.99. The predicted octanol–water partition coefficient (Wildman–Crippen LogP) is 4.12. The Kier molecular flexibility index (Phi) is 4.90. The third-order valence-electron chi connectivity index (χ3n) is 4.00. The Morgan fingerprint density at radius 1 is 1.21 bits per heavy atom. The van der Waals surface area contributed by atoms with Crippen LogP contribution in [0.1, 0.15) is 29.8 Å². The fourth-order valence-electron chi connectivity index (χ4n) is 2.70. The number of thioether (sulfide) groups is 1. The molecule has 2 aromatic carbocycles. The molecule has 0 radical (unpaired) electrons. The Balaban J connectivity index is 1.97. The normalized spacial score (nSPS) is 17.2. The number of nitrogens with one attached hydrogen (secondary N) is 1. The van der Waals surface area contributed by atoms with E-state index in [-0.39, 0.29) is 17.2 Å². The molecule has 1 aliphatic heterocycles. The lowest BCUT2D eigenvalue weighted by molar-refractivity contribution is -0.116. The van der Waals surface area contributed by atoms with Gasteiger partial charge in [0.25, 0.3) is 0 Å². The van der Waals surface area contributed by atoms with Gasteiger partial charge in [-0.25, -0.2) is 0 Å². The number of anilines is 2. The highest BCUT2D eigenvalue weighted by Crippen LogP contribution is 2.44. The van der Waals surface area contributed by atoms with E-state index >= 15 is 0 Å². The van der Waals surface area contributed by atoms with Gasteiger partial charge in [-0.3, -0.25) is 14.5 Å². The number of nitrogens with zero attached hydrogens (tertiary/aromatic N) is 1. The molecule has 0 aromatic heterocycles. The van der Waals surface area contributed by atoms with Crippen molar-refractivity contribution in [2.45, 2.75) is 25.6 Å². The van der Waals surface area contributed by atoms with Crippen molar-refractivity contribution in [2.75, 3.05) is 16.0 Å². The molecule has 0 saturated carbocycles. The number of aryl methyl sites for hydroxylation is 1. The van der Waals surface area contributed by atoms with Gasteiger partial charge in [0.05, 0.1) is 5.75 Å². The molecule has 5 heteroatoms. The maximum absolute atomic E-state index is 12.5. The standard InChI is InChI=1S/C19H20N2O2S/c1-3-17(22)20-16-7-5-4-6-15(16)19-21(18(23)12-24-19)14-10-8-13(2)9-11-14/h4-11,19H,3,12H2,1-2H3,(H,20,22)/t19-/m1/s1. The third kappa shape index (κ3) is 3.31. The van der Waals surface area contributed by atoms with E-state index in [9.17, 15) is 9.59 Å². The summed E-state index contributed by atoms with van der Waals surface area (Å²) in [5.41, 5.74) is 3.77. The van der Waals surface area contributed by atoms with Gasteiger partial charge in [-0.1, -0.05) is 42.8 Å². The summed E-state index contributed by atoms with van der Waals surface area (Å²) in [6, 6.07) is 15.7. The molecule has 2 amide bonds. The maximum atomic E-state index is 12.5.